The Morgan fingerprint density at radius 2 is 2.22 bits per heavy atom. The SMILES string of the molecule is Fc1cccc([B]Cl)c1. The largest absolute Gasteiger partial charge is 0.275 e. The Balaban J connectivity index is 2.94. The molecule has 0 saturated heterocycles. The third-order valence-electron chi connectivity index (χ3n) is 0.975. The summed E-state index contributed by atoms with van der Waals surface area (Å²) in [6.07, 6.45) is 0. The normalized spacial score (nSPS) is 9.11. The van der Waals surface area contributed by atoms with Crippen LogP contribution in [0.1, 0.15) is 0 Å². The lowest BCUT2D eigenvalue weighted by Gasteiger charge is -1.90. The average molecular weight is 141 g/mol. The third kappa shape index (κ3) is 1.72. The summed E-state index contributed by atoms with van der Waals surface area (Å²) in [7, 11) is 0. The van der Waals surface area contributed by atoms with E-state index in [9.17, 15) is 4.39 Å². The van der Waals surface area contributed by atoms with Crippen LogP contribution < -0.4 is 5.46 Å². The van der Waals surface area contributed by atoms with Gasteiger partial charge in [-0.25, -0.2) is 4.39 Å². The van der Waals surface area contributed by atoms with Gasteiger partial charge in [0.1, 0.15) is 5.82 Å². The smallest absolute Gasteiger partial charge is 0.207 e. The first-order valence-corrected chi connectivity index (χ1v) is 2.95. The van der Waals surface area contributed by atoms with E-state index < -0.39 is 0 Å². The molecule has 0 amide bonds. The van der Waals surface area contributed by atoms with Crippen molar-refractivity contribution in [3.63, 3.8) is 0 Å². The van der Waals surface area contributed by atoms with Crippen molar-refractivity contribution in [2.45, 2.75) is 0 Å². The summed E-state index contributed by atoms with van der Waals surface area (Å²) in [5.74, 6) is -0.260. The Hall–Kier alpha value is -0.495. The first-order chi connectivity index (χ1) is 4.33. The second-order valence-corrected chi connectivity index (χ2v) is 1.88. The molecule has 1 radical (unpaired) electrons. The Kier molecular flexibility index (Phi) is 2.12. The summed E-state index contributed by atoms with van der Waals surface area (Å²) in [4.78, 5) is 0. The highest BCUT2D eigenvalue weighted by Gasteiger charge is 1.92. The van der Waals surface area contributed by atoms with Gasteiger partial charge in [-0.3, -0.25) is 0 Å². The van der Waals surface area contributed by atoms with Gasteiger partial charge in [0, 0.05) is 0 Å². The molecule has 0 aliphatic heterocycles. The van der Waals surface area contributed by atoms with Crippen LogP contribution >= 0.6 is 11.5 Å². The molecule has 0 N–H and O–H groups in total. The van der Waals surface area contributed by atoms with Gasteiger partial charge in [-0.1, -0.05) is 17.6 Å². The highest BCUT2D eigenvalue weighted by Crippen LogP contribution is 1.91. The van der Waals surface area contributed by atoms with Crippen LogP contribution in [0, 0.1) is 5.82 Å². The fourth-order valence-corrected chi connectivity index (χ4v) is 0.710. The van der Waals surface area contributed by atoms with E-state index in [0.717, 1.165) is 0 Å². The number of hydrogen-bond donors (Lipinski definition) is 0. The molecule has 0 saturated carbocycles. The lowest BCUT2D eigenvalue weighted by Crippen LogP contribution is -2.07. The minimum Gasteiger partial charge on any atom is -0.207 e. The van der Waals surface area contributed by atoms with Crippen molar-refractivity contribution in [1.29, 1.82) is 0 Å². The molecule has 0 fully saturated rings. The van der Waals surface area contributed by atoms with Crippen LogP contribution in [0.3, 0.4) is 0 Å². The second kappa shape index (κ2) is 2.88. The van der Waals surface area contributed by atoms with Crippen LogP contribution in [0.2, 0.25) is 0 Å². The molecule has 0 heterocycles. The van der Waals surface area contributed by atoms with Crippen molar-refractivity contribution >= 4 is 23.6 Å². The van der Waals surface area contributed by atoms with Crippen molar-refractivity contribution < 1.29 is 4.39 Å². The summed E-state index contributed by atoms with van der Waals surface area (Å²) in [6.45, 7) is 1.34. The highest BCUT2D eigenvalue weighted by atomic mass is 35.5. The third-order valence-corrected chi connectivity index (χ3v) is 1.23. The van der Waals surface area contributed by atoms with E-state index in [2.05, 4.69) is 0 Å². The van der Waals surface area contributed by atoms with Crippen molar-refractivity contribution in [2.24, 2.45) is 0 Å². The summed E-state index contributed by atoms with van der Waals surface area (Å²) in [5.41, 5.74) is 0.691. The van der Waals surface area contributed by atoms with Gasteiger partial charge in [-0.15, -0.1) is 0 Å². The highest BCUT2D eigenvalue weighted by molar-refractivity contribution is 7.01. The van der Waals surface area contributed by atoms with E-state index in [1.807, 2.05) is 0 Å². The molecule has 0 nitrogen and oxygen atoms in total. The molecule has 0 aliphatic rings. The van der Waals surface area contributed by atoms with Crippen LogP contribution in [-0.4, -0.2) is 6.69 Å². The standard InChI is InChI=1S/C6H4BClF/c8-7-5-2-1-3-6(9)4-5/h1-4H. The van der Waals surface area contributed by atoms with Gasteiger partial charge in [-0.2, -0.15) is 11.5 Å². The molecule has 0 spiro atoms. The maximum atomic E-state index is 12.3. The molecule has 0 bridgehead atoms. The quantitative estimate of drug-likeness (QED) is 0.517. The summed E-state index contributed by atoms with van der Waals surface area (Å²) in [6, 6.07) is 6.09. The van der Waals surface area contributed by atoms with Crippen LogP contribution in [0.15, 0.2) is 24.3 Å². The lowest BCUT2D eigenvalue weighted by atomic mass is 9.95. The lowest BCUT2D eigenvalue weighted by molar-refractivity contribution is 0.629. The Bertz CT molecular complexity index is 202. The number of benzene rings is 1. The van der Waals surface area contributed by atoms with E-state index in [0.29, 0.717) is 5.46 Å². The predicted molar refractivity (Wildman–Crippen MR) is 37.6 cm³/mol. The maximum absolute atomic E-state index is 12.3. The molecular formula is C6H4BClF. The summed E-state index contributed by atoms with van der Waals surface area (Å²) >= 11 is 5.31. The average Bonchev–Trinajstić information content (AvgIpc) is 1.88. The van der Waals surface area contributed by atoms with E-state index >= 15 is 0 Å². The topological polar surface area (TPSA) is 0 Å². The molecule has 3 heteroatoms. The van der Waals surface area contributed by atoms with E-state index in [1.165, 1.54) is 18.8 Å². The van der Waals surface area contributed by atoms with Gasteiger partial charge in [0.25, 0.3) is 6.69 Å². The Morgan fingerprint density at radius 1 is 1.44 bits per heavy atom. The van der Waals surface area contributed by atoms with Gasteiger partial charge in [-0.05, 0) is 12.1 Å². The van der Waals surface area contributed by atoms with Gasteiger partial charge >= 0.3 is 0 Å². The van der Waals surface area contributed by atoms with Crippen LogP contribution in [0.5, 0.6) is 0 Å². The first kappa shape index (κ1) is 6.62. The zero-order valence-corrected chi connectivity index (χ0v) is 5.40. The van der Waals surface area contributed by atoms with Crippen LogP contribution in [0.25, 0.3) is 0 Å². The molecule has 9 heavy (non-hydrogen) atoms. The zero-order chi connectivity index (χ0) is 6.69. The van der Waals surface area contributed by atoms with E-state index in [1.54, 1.807) is 12.1 Å². The fourth-order valence-electron chi connectivity index (χ4n) is 0.574. The minimum absolute atomic E-state index is 0.260. The Labute approximate surface area is 58.8 Å². The van der Waals surface area contributed by atoms with Crippen LogP contribution in [-0.2, 0) is 0 Å². The van der Waals surface area contributed by atoms with E-state index in [4.69, 9.17) is 11.5 Å². The number of halogens is 2. The van der Waals surface area contributed by atoms with Gasteiger partial charge in [0.15, 0.2) is 0 Å². The van der Waals surface area contributed by atoms with Crippen molar-refractivity contribution in [3.05, 3.63) is 30.1 Å². The summed E-state index contributed by atoms with van der Waals surface area (Å²) in [5, 5.41) is 0. The zero-order valence-electron chi connectivity index (χ0n) is 4.64. The van der Waals surface area contributed by atoms with Crippen molar-refractivity contribution in [1.82, 2.24) is 0 Å². The Morgan fingerprint density at radius 3 is 2.67 bits per heavy atom. The van der Waals surface area contributed by atoms with Crippen LogP contribution in [0.4, 0.5) is 4.39 Å². The van der Waals surface area contributed by atoms with Gasteiger partial charge in [0.2, 0.25) is 0 Å². The molecule has 0 unspecified atom stereocenters. The van der Waals surface area contributed by atoms with Gasteiger partial charge < -0.3 is 0 Å². The number of rotatable bonds is 1. The minimum atomic E-state index is -0.260. The molecular weight excluding hydrogens is 137 g/mol. The first-order valence-electron chi connectivity index (χ1n) is 2.52. The molecule has 1 rings (SSSR count). The number of hydrogen-bond acceptors (Lipinski definition) is 0. The van der Waals surface area contributed by atoms with Crippen molar-refractivity contribution in [2.75, 3.05) is 0 Å². The van der Waals surface area contributed by atoms with Gasteiger partial charge in [0.05, 0.1) is 0 Å². The monoisotopic (exact) mass is 141 g/mol. The second-order valence-electron chi connectivity index (χ2n) is 1.66. The summed E-state index contributed by atoms with van der Waals surface area (Å²) < 4.78 is 12.3. The predicted octanol–water partition coefficient (Wildman–Crippen LogP) is 1.31. The van der Waals surface area contributed by atoms with Crippen molar-refractivity contribution in [3.8, 4) is 0 Å². The molecule has 0 aliphatic carbocycles. The maximum Gasteiger partial charge on any atom is 0.275 e. The molecule has 0 atom stereocenters. The van der Waals surface area contributed by atoms with E-state index in [-0.39, 0.29) is 5.82 Å². The molecule has 45 valence electrons. The molecule has 1 aromatic carbocycles. The molecule has 1 aromatic rings. The molecule has 0 aromatic heterocycles. The fraction of sp³-hybridized carbons (Fsp3) is 0.